The van der Waals surface area contributed by atoms with Crippen molar-refractivity contribution in [1.82, 2.24) is 0 Å². The molecule has 132 valence electrons. The first-order valence-corrected chi connectivity index (χ1v) is 10.5. The Bertz CT molecular complexity index is 797. The van der Waals surface area contributed by atoms with Crippen LogP contribution in [0, 0.1) is 17.3 Å². The van der Waals surface area contributed by atoms with Gasteiger partial charge in [-0.3, -0.25) is 0 Å². The van der Waals surface area contributed by atoms with E-state index in [1.165, 1.54) is 40.8 Å². The maximum atomic E-state index is 10.6. The summed E-state index contributed by atoms with van der Waals surface area (Å²) in [6, 6.07) is 8.25. The van der Waals surface area contributed by atoms with Crippen LogP contribution < -0.4 is 0 Å². The standard InChI is InChI=1S/C22H26O2S/c1-22-9-8-16-15(18(22)6-7-20(22)24)5-4-13-11-14(23)12-17(21(13)16)19-3-2-10-25-19/h2-3,10-12,15-16,18,20,23-24H,4-9H2,1H3/t15-,16+,18+,20-,22+/m1/s1. The molecule has 0 bridgehead atoms. The quantitative estimate of drug-likeness (QED) is 0.726. The van der Waals surface area contributed by atoms with Crippen LogP contribution in [0.1, 0.15) is 56.1 Å². The van der Waals surface area contributed by atoms with E-state index in [4.69, 9.17) is 0 Å². The van der Waals surface area contributed by atoms with Crippen molar-refractivity contribution in [2.45, 2.75) is 57.5 Å². The van der Waals surface area contributed by atoms with Crippen molar-refractivity contribution in [2.24, 2.45) is 17.3 Å². The predicted octanol–water partition coefficient (Wildman–Crippen LogP) is 5.34. The summed E-state index contributed by atoms with van der Waals surface area (Å²) in [5.74, 6) is 2.33. The third kappa shape index (κ3) is 2.25. The van der Waals surface area contributed by atoms with Crippen molar-refractivity contribution < 1.29 is 10.2 Å². The van der Waals surface area contributed by atoms with Crippen molar-refractivity contribution in [3.63, 3.8) is 0 Å². The van der Waals surface area contributed by atoms with Gasteiger partial charge in [0.1, 0.15) is 5.75 Å². The number of rotatable bonds is 1. The predicted molar refractivity (Wildman–Crippen MR) is 102 cm³/mol. The molecule has 3 aliphatic rings. The molecule has 25 heavy (non-hydrogen) atoms. The Hall–Kier alpha value is -1.32. The molecule has 2 fully saturated rings. The Morgan fingerprint density at radius 1 is 1.16 bits per heavy atom. The highest BCUT2D eigenvalue weighted by Crippen LogP contribution is 2.62. The Morgan fingerprint density at radius 3 is 2.84 bits per heavy atom. The third-order valence-electron chi connectivity index (χ3n) is 7.54. The molecule has 1 aromatic carbocycles. The van der Waals surface area contributed by atoms with E-state index in [1.807, 2.05) is 12.1 Å². The zero-order valence-corrected chi connectivity index (χ0v) is 15.6. The number of benzene rings is 1. The highest BCUT2D eigenvalue weighted by molar-refractivity contribution is 7.13. The van der Waals surface area contributed by atoms with E-state index < -0.39 is 0 Å². The number of thiophene rings is 1. The highest BCUT2D eigenvalue weighted by atomic mass is 32.1. The van der Waals surface area contributed by atoms with Gasteiger partial charge in [0.05, 0.1) is 6.10 Å². The zero-order valence-electron chi connectivity index (χ0n) is 14.7. The Morgan fingerprint density at radius 2 is 2.04 bits per heavy atom. The molecule has 5 atom stereocenters. The summed E-state index contributed by atoms with van der Waals surface area (Å²) < 4.78 is 0. The van der Waals surface area contributed by atoms with Crippen LogP contribution in [0.3, 0.4) is 0 Å². The molecule has 5 rings (SSSR count). The average molecular weight is 355 g/mol. The number of hydrogen-bond acceptors (Lipinski definition) is 3. The number of aliphatic hydroxyl groups is 1. The minimum Gasteiger partial charge on any atom is -0.508 e. The van der Waals surface area contributed by atoms with E-state index in [9.17, 15) is 10.2 Å². The molecule has 3 heteroatoms. The van der Waals surface area contributed by atoms with Crippen LogP contribution in [-0.4, -0.2) is 16.3 Å². The summed E-state index contributed by atoms with van der Waals surface area (Å²) in [6.45, 7) is 2.33. The van der Waals surface area contributed by atoms with Gasteiger partial charge in [0.15, 0.2) is 0 Å². The molecule has 0 amide bonds. The summed E-state index contributed by atoms with van der Waals surface area (Å²) in [4.78, 5) is 1.27. The number of aliphatic hydroxyl groups excluding tert-OH is 1. The van der Waals surface area contributed by atoms with E-state index >= 15 is 0 Å². The van der Waals surface area contributed by atoms with Crippen molar-refractivity contribution >= 4 is 11.3 Å². The lowest BCUT2D eigenvalue weighted by Gasteiger charge is -2.50. The third-order valence-corrected chi connectivity index (χ3v) is 8.45. The largest absolute Gasteiger partial charge is 0.508 e. The maximum Gasteiger partial charge on any atom is 0.116 e. The topological polar surface area (TPSA) is 40.5 Å². The maximum absolute atomic E-state index is 10.6. The Labute approximate surface area is 153 Å². The van der Waals surface area contributed by atoms with E-state index in [0.29, 0.717) is 23.5 Å². The SMILES string of the molecule is C[C@]12CC[C@@H]3c4c(cc(O)cc4-c4cccs4)CC[C@H]3[C@@H]1CC[C@H]2O. The molecule has 0 saturated heterocycles. The normalized spacial score (nSPS) is 36.6. The second-order valence-corrected chi connectivity index (χ2v) is 9.54. The fourth-order valence-electron chi connectivity index (χ4n) is 6.32. The van der Waals surface area contributed by atoms with Crippen LogP contribution in [0.2, 0.25) is 0 Å². The van der Waals surface area contributed by atoms with Crippen LogP contribution >= 0.6 is 11.3 Å². The summed E-state index contributed by atoms with van der Waals surface area (Å²) in [5, 5.41) is 23.0. The van der Waals surface area contributed by atoms with Crippen molar-refractivity contribution in [3.05, 3.63) is 40.8 Å². The summed E-state index contributed by atoms with van der Waals surface area (Å²) in [5.41, 5.74) is 4.23. The molecule has 0 aliphatic heterocycles. The minimum absolute atomic E-state index is 0.114. The first kappa shape index (κ1) is 15.9. The number of phenols is 1. The molecular formula is C22H26O2S. The average Bonchev–Trinajstić information content (AvgIpc) is 3.22. The first-order valence-electron chi connectivity index (χ1n) is 9.65. The fourth-order valence-corrected chi connectivity index (χ4v) is 7.08. The van der Waals surface area contributed by atoms with E-state index in [-0.39, 0.29) is 11.5 Å². The second kappa shape index (κ2) is 5.59. The van der Waals surface area contributed by atoms with Gasteiger partial charge >= 0.3 is 0 Å². The van der Waals surface area contributed by atoms with Crippen LogP contribution in [-0.2, 0) is 6.42 Å². The van der Waals surface area contributed by atoms with E-state index in [2.05, 4.69) is 24.4 Å². The van der Waals surface area contributed by atoms with Crippen molar-refractivity contribution in [2.75, 3.05) is 0 Å². The summed E-state index contributed by atoms with van der Waals surface area (Å²) >= 11 is 1.76. The molecule has 0 unspecified atom stereocenters. The summed E-state index contributed by atoms with van der Waals surface area (Å²) in [7, 11) is 0. The van der Waals surface area contributed by atoms with Gasteiger partial charge in [0, 0.05) is 4.88 Å². The minimum atomic E-state index is -0.114. The molecule has 1 heterocycles. The lowest BCUT2D eigenvalue weighted by Crippen LogP contribution is -2.44. The number of aromatic hydroxyl groups is 1. The lowest BCUT2D eigenvalue weighted by molar-refractivity contribution is -0.0225. The van der Waals surface area contributed by atoms with Gasteiger partial charge in [-0.25, -0.2) is 0 Å². The molecule has 2 nitrogen and oxygen atoms in total. The van der Waals surface area contributed by atoms with Gasteiger partial charge in [-0.2, -0.15) is 0 Å². The smallest absolute Gasteiger partial charge is 0.116 e. The van der Waals surface area contributed by atoms with Crippen LogP contribution in [0.4, 0.5) is 0 Å². The molecule has 2 aromatic rings. The zero-order chi connectivity index (χ0) is 17.2. The molecule has 2 N–H and O–H groups in total. The fraction of sp³-hybridized carbons (Fsp3) is 0.545. The highest BCUT2D eigenvalue weighted by Gasteiger charge is 2.54. The van der Waals surface area contributed by atoms with Crippen LogP contribution in [0.5, 0.6) is 5.75 Å². The van der Waals surface area contributed by atoms with Crippen molar-refractivity contribution in [1.29, 1.82) is 0 Å². The summed E-state index contributed by atoms with van der Waals surface area (Å²) in [6.07, 6.45) is 6.61. The van der Waals surface area contributed by atoms with E-state index in [1.54, 1.807) is 11.3 Å². The number of aryl methyl sites for hydroxylation is 1. The second-order valence-electron chi connectivity index (χ2n) is 8.60. The Kier molecular flexibility index (Phi) is 3.55. The molecule has 0 radical (unpaired) electrons. The number of hydrogen-bond donors (Lipinski definition) is 2. The monoisotopic (exact) mass is 354 g/mol. The van der Waals surface area contributed by atoms with Gasteiger partial charge in [0.25, 0.3) is 0 Å². The van der Waals surface area contributed by atoms with Gasteiger partial charge in [-0.1, -0.05) is 13.0 Å². The number of phenolic OH excluding ortho intramolecular Hbond substituents is 1. The van der Waals surface area contributed by atoms with Crippen LogP contribution in [0.15, 0.2) is 29.6 Å². The van der Waals surface area contributed by atoms with Gasteiger partial charge < -0.3 is 10.2 Å². The van der Waals surface area contributed by atoms with Crippen molar-refractivity contribution in [3.8, 4) is 16.2 Å². The molecule has 3 aliphatic carbocycles. The molecular weight excluding hydrogens is 328 g/mol. The molecule has 1 aromatic heterocycles. The molecule has 0 spiro atoms. The van der Waals surface area contributed by atoms with Gasteiger partial charge in [0.2, 0.25) is 0 Å². The van der Waals surface area contributed by atoms with Crippen LogP contribution in [0.25, 0.3) is 10.4 Å². The lowest BCUT2D eigenvalue weighted by atomic mass is 9.55. The first-order chi connectivity index (χ1) is 12.1. The van der Waals surface area contributed by atoms with Gasteiger partial charge in [-0.05, 0) is 102 Å². The Balaban J connectivity index is 1.62. The van der Waals surface area contributed by atoms with E-state index in [0.717, 1.165) is 19.3 Å². The molecule has 2 saturated carbocycles. The van der Waals surface area contributed by atoms with Gasteiger partial charge in [-0.15, -0.1) is 11.3 Å². The number of fused-ring (bicyclic) bond motifs is 5.